The van der Waals surface area contributed by atoms with Gasteiger partial charge in [-0.25, -0.2) is 0 Å². The first-order valence-corrected chi connectivity index (χ1v) is 6.87. The zero-order valence-electron chi connectivity index (χ0n) is 9.76. The zero-order valence-corrected chi connectivity index (χ0v) is 11.3. The van der Waals surface area contributed by atoms with Gasteiger partial charge in [0.25, 0.3) is 0 Å². The molecule has 0 amide bonds. The van der Waals surface area contributed by atoms with Gasteiger partial charge in [-0.05, 0) is 30.0 Å². The maximum atomic E-state index is 6.21. The summed E-state index contributed by atoms with van der Waals surface area (Å²) in [5.41, 5.74) is 3.92. The summed E-state index contributed by atoms with van der Waals surface area (Å²) >= 11 is 12.1. The molecule has 1 fully saturated rings. The average Bonchev–Trinajstić information content (AvgIpc) is 2.79. The number of nitrogens with one attached hydrogen (secondary N) is 1. The van der Waals surface area contributed by atoms with E-state index in [0.29, 0.717) is 10.0 Å². The molecule has 4 heteroatoms. The highest BCUT2D eigenvalue weighted by molar-refractivity contribution is 6.35. The van der Waals surface area contributed by atoms with Crippen molar-refractivity contribution in [2.75, 3.05) is 0 Å². The van der Waals surface area contributed by atoms with Crippen LogP contribution in [0.5, 0.6) is 0 Å². The van der Waals surface area contributed by atoms with Crippen molar-refractivity contribution in [2.24, 2.45) is 11.8 Å². The minimum atomic E-state index is 0.128. The van der Waals surface area contributed by atoms with Gasteiger partial charge in [0.15, 0.2) is 0 Å². The van der Waals surface area contributed by atoms with Crippen LogP contribution in [0.15, 0.2) is 18.2 Å². The van der Waals surface area contributed by atoms with Gasteiger partial charge >= 0.3 is 0 Å². The number of halogens is 2. The normalized spacial score (nSPS) is 18.5. The average molecular weight is 273 g/mol. The van der Waals surface area contributed by atoms with Gasteiger partial charge in [0, 0.05) is 16.1 Å². The van der Waals surface area contributed by atoms with Gasteiger partial charge in [-0.3, -0.25) is 11.3 Å². The number of hydrazine groups is 1. The Kier molecular flexibility index (Phi) is 4.69. The molecule has 0 heterocycles. The zero-order chi connectivity index (χ0) is 12.3. The molecule has 1 aliphatic carbocycles. The van der Waals surface area contributed by atoms with Crippen LogP contribution in [0.4, 0.5) is 0 Å². The summed E-state index contributed by atoms with van der Waals surface area (Å²) in [5, 5.41) is 1.36. The fraction of sp³-hybridized carbons (Fsp3) is 0.538. The minimum absolute atomic E-state index is 0.128. The molecule has 1 aliphatic rings. The third kappa shape index (κ3) is 3.35. The summed E-state index contributed by atoms with van der Waals surface area (Å²) in [5.74, 6) is 6.41. The fourth-order valence-corrected chi connectivity index (χ4v) is 3.19. The molecule has 0 aromatic heterocycles. The Hall–Kier alpha value is -0.280. The van der Waals surface area contributed by atoms with Gasteiger partial charge in [0.2, 0.25) is 0 Å². The van der Waals surface area contributed by atoms with Crippen molar-refractivity contribution in [2.45, 2.75) is 38.1 Å². The van der Waals surface area contributed by atoms with E-state index < -0.39 is 0 Å². The molecular weight excluding hydrogens is 255 g/mol. The molecule has 0 bridgehead atoms. The van der Waals surface area contributed by atoms with E-state index in [4.69, 9.17) is 29.0 Å². The van der Waals surface area contributed by atoms with Gasteiger partial charge in [-0.1, -0.05) is 55.0 Å². The van der Waals surface area contributed by atoms with E-state index in [1.165, 1.54) is 25.7 Å². The van der Waals surface area contributed by atoms with Crippen LogP contribution >= 0.6 is 23.2 Å². The van der Waals surface area contributed by atoms with Crippen molar-refractivity contribution in [1.29, 1.82) is 0 Å². The van der Waals surface area contributed by atoms with Crippen LogP contribution in [0.2, 0.25) is 10.0 Å². The van der Waals surface area contributed by atoms with E-state index in [-0.39, 0.29) is 6.04 Å². The van der Waals surface area contributed by atoms with Crippen LogP contribution in [-0.4, -0.2) is 0 Å². The molecule has 2 nitrogen and oxygen atoms in total. The van der Waals surface area contributed by atoms with E-state index in [1.54, 1.807) is 6.07 Å². The van der Waals surface area contributed by atoms with Crippen LogP contribution in [0.3, 0.4) is 0 Å². The predicted molar refractivity (Wildman–Crippen MR) is 73.1 cm³/mol. The molecule has 1 aromatic rings. The van der Waals surface area contributed by atoms with Gasteiger partial charge in [-0.15, -0.1) is 0 Å². The minimum Gasteiger partial charge on any atom is -0.271 e. The standard InChI is InChI=1S/C13H18Cl2N2/c14-10-5-6-11(12(15)8-10)13(17-16)7-9-3-1-2-4-9/h5-6,8-9,13,17H,1-4,7,16H2. The third-order valence-corrected chi connectivity index (χ3v) is 4.15. The third-order valence-electron chi connectivity index (χ3n) is 3.58. The Bertz CT molecular complexity index is 376. The van der Waals surface area contributed by atoms with Crippen molar-refractivity contribution in [1.82, 2.24) is 5.43 Å². The van der Waals surface area contributed by atoms with Gasteiger partial charge in [0.1, 0.15) is 0 Å². The fourth-order valence-electron chi connectivity index (χ4n) is 2.65. The Morgan fingerprint density at radius 2 is 2.00 bits per heavy atom. The molecule has 1 atom stereocenters. The first-order chi connectivity index (χ1) is 8.20. The second-order valence-corrected chi connectivity index (χ2v) is 5.61. The Labute approximate surface area is 112 Å². The van der Waals surface area contributed by atoms with Crippen molar-refractivity contribution in [3.63, 3.8) is 0 Å². The highest BCUT2D eigenvalue weighted by Gasteiger charge is 2.21. The van der Waals surface area contributed by atoms with E-state index >= 15 is 0 Å². The lowest BCUT2D eigenvalue weighted by Gasteiger charge is -2.21. The second kappa shape index (κ2) is 6.05. The van der Waals surface area contributed by atoms with Crippen molar-refractivity contribution < 1.29 is 0 Å². The number of benzene rings is 1. The Morgan fingerprint density at radius 1 is 1.29 bits per heavy atom. The lowest BCUT2D eigenvalue weighted by atomic mass is 9.94. The molecule has 0 saturated heterocycles. The predicted octanol–water partition coefficient (Wildman–Crippen LogP) is 4.08. The number of hydrogen-bond acceptors (Lipinski definition) is 2. The largest absolute Gasteiger partial charge is 0.271 e. The van der Waals surface area contributed by atoms with Crippen LogP contribution in [0.25, 0.3) is 0 Å². The van der Waals surface area contributed by atoms with Gasteiger partial charge < -0.3 is 0 Å². The highest BCUT2D eigenvalue weighted by Crippen LogP contribution is 2.35. The van der Waals surface area contributed by atoms with Crippen LogP contribution < -0.4 is 11.3 Å². The van der Waals surface area contributed by atoms with Crippen LogP contribution in [0, 0.1) is 5.92 Å². The summed E-state index contributed by atoms with van der Waals surface area (Å²) in [7, 11) is 0. The SMILES string of the molecule is NNC(CC1CCCC1)c1ccc(Cl)cc1Cl. The van der Waals surface area contributed by atoms with Gasteiger partial charge in [0.05, 0.1) is 0 Å². The van der Waals surface area contributed by atoms with Crippen LogP contribution in [0.1, 0.15) is 43.7 Å². The molecule has 3 N–H and O–H groups in total. The van der Waals surface area contributed by atoms with E-state index in [2.05, 4.69) is 5.43 Å². The topological polar surface area (TPSA) is 38.0 Å². The van der Waals surface area contributed by atoms with Crippen molar-refractivity contribution in [3.05, 3.63) is 33.8 Å². The Morgan fingerprint density at radius 3 is 2.59 bits per heavy atom. The smallest absolute Gasteiger partial charge is 0.0477 e. The molecule has 2 rings (SSSR count). The van der Waals surface area contributed by atoms with Crippen molar-refractivity contribution >= 4 is 23.2 Å². The summed E-state index contributed by atoms with van der Waals surface area (Å²) in [4.78, 5) is 0. The van der Waals surface area contributed by atoms with E-state index in [0.717, 1.165) is 17.9 Å². The summed E-state index contributed by atoms with van der Waals surface area (Å²) in [6, 6.07) is 5.73. The molecule has 94 valence electrons. The quantitative estimate of drug-likeness (QED) is 0.640. The summed E-state index contributed by atoms with van der Waals surface area (Å²) in [6.07, 6.45) is 6.36. The van der Waals surface area contributed by atoms with E-state index in [9.17, 15) is 0 Å². The molecule has 0 radical (unpaired) electrons. The molecule has 1 unspecified atom stereocenters. The summed E-state index contributed by atoms with van der Waals surface area (Å²) < 4.78 is 0. The molecule has 1 aromatic carbocycles. The molecule has 1 saturated carbocycles. The molecule has 0 aliphatic heterocycles. The summed E-state index contributed by atoms with van der Waals surface area (Å²) in [6.45, 7) is 0. The van der Waals surface area contributed by atoms with Gasteiger partial charge in [-0.2, -0.15) is 0 Å². The number of rotatable bonds is 4. The first kappa shape index (κ1) is 13.2. The maximum absolute atomic E-state index is 6.21. The monoisotopic (exact) mass is 272 g/mol. The molecular formula is C13H18Cl2N2. The van der Waals surface area contributed by atoms with Crippen molar-refractivity contribution in [3.8, 4) is 0 Å². The Balaban J connectivity index is 2.10. The maximum Gasteiger partial charge on any atom is 0.0477 e. The lowest BCUT2D eigenvalue weighted by Crippen LogP contribution is -2.29. The highest BCUT2D eigenvalue weighted by atomic mass is 35.5. The van der Waals surface area contributed by atoms with Crippen LogP contribution in [-0.2, 0) is 0 Å². The second-order valence-electron chi connectivity index (χ2n) is 4.77. The molecule has 17 heavy (non-hydrogen) atoms. The number of nitrogens with two attached hydrogens (primary N) is 1. The number of hydrogen-bond donors (Lipinski definition) is 2. The van der Waals surface area contributed by atoms with E-state index in [1.807, 2.05) is 12.1 Å². The first-order valence-electron chi connectivity index (χ1n) is 6.12. The lowest BCUT2D eigenvalue weighted by molar-refractivity contribution is 0.400. The molecule has 0 spiro atoms.